The lowest BCUT2D eigenvalue weighted by Gasteiger charge is -2.37. The van der Waals surface area contributed by atoms with Crippen molar-refractivity contribution in [3.63, 3.8) is 0 Å². The van der Waals surface area contributed by atoms with Crippen molar-refractivity contribution < 1.29 is 4.74 Å². The van der Waals surface area contributed by atoms with Crippen LogP contribution in [0, 0.1) is 5.92 Å². The van der Waals surface area contributed by atoms with Gasteiger partial charge in [0.1, 0.15) is 0 Å². The van der Waals surface area contributed by atoms with Crippen LogP contribution in [0.25, 0.3) is 0 Å². The number of hydrogen-bond acceptors (Lipinski definition) is 2. The van der Waals surface area contributed by atoms with Gasteiger partial charge in [0, 0.05) is 12.6 Å². The van der Waals surface area contributed by atoms with Crippen LogP contribution in [-0.4, -0.2) is 18.2 Å². The number of rotatable bonds is 1. The number of nitrogens with two attached hydrogens (primary N) is 1. The first kappa shape index (κ1) is 7.56. The van der Waals surface area contributed by atoms with Gasteiger partial charge in [-0.25, -0.2) is 0 Å². The van der Waals surface area contributed by atoms with Gasteiger partial charge in [-0.1, -0.05) is 0 Å². The van der Waals surface area contributed by atoms with Crippen LogP contribution in [0.4, 0.5) is 0 Å². The molecule has 1 saturated carbocycles. The molecule has 2 N–H and O–H groups in total. The Kier molecular flexibility index (Phi) is 1.69. The Morgan fingerprint density at radius 3 is 2.64 bits per heavy atom. The predicted octanol–water partition coefficient (Wildman–Crippen LogP) is 1.29. The molecule has 11 heavy (non-hydrogen) atoms. The zero-order chi connectivity index (χ0) is 7.90. The quantitative estimate of drug-likeness (QED) is 0.619. The molecule has 1 heterocycles. The van der Waals surface area contributed by atoms with Crippen molar-refractivity contribution in [2.24, 2.45) is 11.7 Å². The smallest absolute Gasteiger partial charge is 0.0697 e. The van der Waals surface area contributed by atoms with E-state index in [1.807, 2.05) is 0 Å². The average molecular weight is 155 g/mol. The molecule has 0 spiro atoms. The lowest BCUT2D eigenvalue weighted by Crippen LogP contribution is -2.44. The molecule has 1 aliphatic heterocycles. The highest BCUT2D eigenvalue weighted by molar-refractivity contribution is 4.96. The van der Waals surface area contributed by atoms with E-state index in [2.05, 4.69) is 6.92 Å². The molecule has 2 rings (SSSR count). The second kappa shape index (κ2) is 2.46. The van der Waals surface area contributed by atoms with Crippen LogP contribution in [0.2, 0.25) is 0 Å². The van der Waals surface area contributed by atoms with Crippen molar-refractivity contribution in [1.29, 1.82) is 0 Å². The zero-order valence-electron chi connectivity index (χ0n) is 7.18. The molecule has 0 aromatic rings. The highest BCUT2D eigenvalue weighted by Gasteiger charge is 2.44. The standard InChI is InChI=1S/C9H17NO/c1-9(7-2-3-7)6-8(10)4-5-11-9/h7-8H,2-6,10H2,1H3. The third kappa shape index (κ3) is 1.42. The molecule has 2 heteroatoms. The summed E-state index contributed by atoms with van der Waals surface area (Å²) < 4.78 is 5.78. The van der Waals surface area contributed by atoms with Crippen molar-refractivity contribution >= 4 is 0 Å². The normalized spacial score (nSPS) is 45.8. The van der Waals surface area contributed by atoms with Crippen molar-refractivity contribution in [2.75, 3.05) is 6.61 Å². The minimum atomic E-state index is 0.137. The fourth-order valence-corrected chi connectivity index (χ4v) is 2.10. The molecule has 2 aliphatic rings. The average Bonchev–Trinajstić information content (AvgIpc) is 2.66. The molecule has 0 aromatic carbocycles. The van der Waals surface area contributed by atoms with Crippen molar-refractivity contribution in [3.8, 4) is 0 Å². The Labute approximate surface area is 68.1 Å². The van der Waals surface area contributed by atoms with E-state index in [0.717, 1.165) is 25.4 Å². The summed E-state index contributed by atoms with van der Waals surface area (Å²) in [6.07, 6.45) is 4.81. The SMILES string of the molecule is CC1(C2CC2)CC(N)CCO1. The predicted molar refractivity (Wildman–Crippen MR) is 44.3 cm³/mol. The maximum Gasteiger partial charge on any atom is 0.0697 e. The second-order valence-electron chi connectivity index (χ2n) is 4.19. The monoisotopic (exact) mass is 155 g/mol. The third-order valence-corrected chi connectivity index (χ3v) is 3.03. The van der Waals surface area contributed by atoms with E-state index in [0.29, 0.717) is 6.04 Å². The van der Waals surface area contributed by atoms with Crippen LogP contribution in [0.3, 0.4) is 0 Å². The van der Waals surface area contributed by atoms with Gasteiger partial charge in [-0.2, -0.15) is 0 Å². The summed E-state index contributed by atoms with van der Waals surface area (Å²) >= 11 is 0. The van der Waals surface area contributed by atoms with Crippen molar-refractivity contribution in [2.45, 2.75) is 44.2 Å². The van der Waals surface area contributed by atoms with E-state index in [1.54, 1.807) is 0 Å². The molecular weight excluding hydrogens is 138 g/mol. The lowest BCUT2D eigenvalue weighted by atomic mass is 9.88. The molecule has 0 radical (unpaired) electrons. The topological polar surface area (TPSA) is 35.2 Å². The van der Waals surface area contributed by atoms with Crippen LogP contribution in [0.1, 0.15) is 32.6 Å². The Balaban J connectivity index is 1.99. The van der Waals surface area contributed by atoms with E-state index in [1.165, 1.54) is 12.8 Å². The van der Waals surface area contributed by atoms with Gasteiger partial charge in [0.15, 0.2) is 0 Å². The van der Waals surface area contributed by atoms with Crippen LogP contribution in [0.15, 0.2) is 0 Å². The molecule has 0 amide bonds. The van der Waals surface area contributed by atoms with E-state index in [9.17, 15) is 0 Å². The fourth-order valence-electron chi connectivity index (χ4n) is 2.10. The minimum absolute atomic E-state index is 0.137. The van der Waals surface area contributed by atoms with Gasteiger partial charge in [0.05, 0.1) is 5.60 Å². The van der Waals surface area contributed by atoms with Crippen LogP contribution >= 0.6 is 0 Å². The Morgan fingerprint density at radius 2 is 2.09 bits per heavy atom. The van der Waals surface area contributed by atoms with E-state index in [4.69, 9.17) is 10.5 Å². The molecule has 2 atom stereocenters. The maximum absolute atomic E-state index is 5.90. The molecule has 2 fully saturated rings. The third-order valence-electron chi connectivity index (χ3n) is 3.03. The highest BCUT2D eigenvalue weighted by atomic mass is 16.5. The fraction of sp³-hybridized carbons (Fsp3) is 1.00. The van der Waals surface area contributed by atoms with E-state index >= 15 is 0 Å². The summed E-state index contributed by atoms with van der Waals surface area (Å²) in [5, 5.41) is 0. The summed E-state index contributed by atoms with van der Waals surface area (Å²) in [5.74, 6) is 0.814. The van der Waals surface area contributed by atoms with Gasteiger partial charge in [-0.15, -0.1) is 0 Å². The van der Waals surface area contributed by atoms with Crippen LogP contribution in [-0.2, 0) is 4.74 Å². The number of ether oxygens (including phenoxy) is 1. The summed E-state index contributed by atoms with van der Waals surface area (Å²) in [6.45, 7) is 3.10. The van der Waals surface area contributed by atoms with Gasteiger partial charge in [-0.3, -0.25) is 0 Å². The Bertz CT molecular complexity index is 156. The summed E-state index contributed by atoms with van der Waals surface area (Å²) in [6, 6.07) is 0.384. The minimum Gasteiger partial charge on any atom is -0.375 e. The van der Waals surface area contributed by atoms with Gasteiger partial charge in [0.2, 0.25) is 0 Å². The maximum atomic E-state index is 5.90. The second-order valence-corrected chi connectivity index (χ2v) is 4.19. The molecular formula is C9H17NO. The first-order valence-corrected chi connectivity index (χ1v) is 4.60. The molecule has 0 bridgehead atoms. The van der Waals surface area contributed by atoms with Crippen LogP contribution in [0.5, 0.6) is 0 Å². The molecule has 2 nitrogen and oxygen atoms in total. The largest absolute Gasteiger partial charge is 0.375 e. The van der Waals surface area contributed by atoms with Gasteiger partial charge in [0.25, 0.3) is 0 Å². The summed E-state index contributed by atoms with van der Waals surface area (Å²) in [4.78, 5) is 0. The molecule has 1 saturated heterocycles. The molecule has 2 unspecified atom stereocenters. The zero-order valence-corrected chi connectivity index (χ0v) is 7.18. The number of hydrogen-bond donors (Lipinski definition) is 1. The molecule has 0 aromatic heterocycles. The van der Waals surface area contributed by atoms with Crippen molar-refractivity contribution in [1.82, 2.24) is 0 Å². The molecule has 64 valence electrons. The van der Waals surface area contributed by atoms with E-state index in [-0.39, 0.29) is 5.60 Å². The highest BCUT2D eigenvalue weighted by Crippen LogP contribution is 2.45. The Morgan fingerprint density at radius 1 is 1.36 bits per heavy atom. The lowest BCUT2D eigenvalue weighted by molar-refractivity contribution is -0.0860. The Hall–Kier alpha value is -0.0800. The summed E-state index contributed by atoms with van der Waals surface area (Å²) in [5.41, 5.74) is 6.03. The van der Waals surface area contributed by atoms with Crippen molar-refractivity contribution in [3.05, 3.63) is 0 Å². The van der Waals surface area contributed by atoms with Gasteiger partial charge < -0.3 is 10.5 Å². The van der Waals surface area contributed by atoms with Gasteiger partial charge in [-0.05, 0) is 38.5 Å². The molecule has 1 aliphatic carbocycles. The van der Waals surface area contributed by atoms with Gasteiger partial charge >= 0.3 is 0 Å². The first-order valence-electron chi connectivity index (χ1n) is 4.60. The van der Waals surface area contributed by atoms with E-state index < -0.39 is 0 Å². The summed E-state index contributed by atoms with van der Waals surface area (Å²) in [7, 11) is 0. The first-order chi connectivity index (χ1) is 5.21. The van der Waals surface area contributed by atoms with Crippen LogP contribution < -0.4 is 5.73 Å².